The molecule has 0 aliphatic heterocycles. The number of hydrogen-bond donors (Lipinski definition) is 0. The SMILES string of the molecule is c1ccc(-c2ccc3ccc4c(-c5ccc6ccc7ccc(-c8ccccn8)nc7c6n5)ccc5ccc2c3c54)cc1. The minimum atomic E-state index is 0.847. The fraction of sp³-hybridized carbons (Fsp3) is 0. The molecule has 3 aromatic heterocycles. The molecule has 0 saturated heterocycles. The van der Waals surface area contributed by atoms with Gasteiger partial charge in [0.25, 0.3) is 0 Å². The maximum absolute atomic E-state index is 5.27. The topological polar surface area (TPSA) is 38.7 Å². The lowest BCUT2D eigenvalue weighted by atomic mass is 9.88. The Morgan fingerprint density at radius 3 is 1.60 bits per heavy atom. The van der Waals surface area contributed by atoms with Gasteiger partial charge in [-0.05, 0) is 67.7 Å². The summed E-state index contributed by atoms with van der Waals surface area (Å²) in [5.74, 6) is 0. The van der Waals surface area contributed by atoms with E-state index in [-0.39, 0.29) is 0 Å². The van der Waals surface area contributed by atoms with Gasteiger partial charge in [-0.2, -0.15) is 0 Å². The lowest BCUT2D eigenvalue weighted by Crippen LogP contribution is -1.93. The van der Waals surface area contributed by atoms with Gasteiger partial charge in [0.05, 0.1) is 28.1 Å². The third kappa shape index (κ3) is 3.44. The van der Waals surface area contributed by atoms with Crippen LogP contribution in [0.4, 0.5) is 0 Å². The van der Waals surface area contributed by atoms with E-state index in [9.17, 15) is 0 Å². The van der Waals surface area contributed by atoms with Crippen LogP contribution in [0.2, 0.25) is 0 Å². The van der Waals surface area contributed by atoms with Crippen molar-refractivity contribution < 1.29 is 0 Å². The number of rotatable bonds is 3. The zero-order valence-electron chi connectivity index (χ0n) is 22.6. The van der Waals surface area contributed by atoms with Crippen molar-refractivity contribution >= 4 is 54.1 Å². The van der Waals surface area contributed by atoms with Crippen LogP contribution < -0.4 is 0 Å². The maximum Gasteiger partial charge on any atom is 0.0973 e. The van der Waals surface area contributed by atoms with Crippen molar-refractivity contribution in [2.45, 2.75) is 0 Å². The number of benzene rings is 6. The molecule has 0 saturated carbocycles. The predicted octanol–water partition coefficient (Wildman–Crippen LogP) is 10.1. The number of fused-ring (bicyclic) bond motifs is 3. The Hall–Kier alpha value is -5.67. The van der Waals surface area contributed by atoms with Crippen LogP contribution in [0.15, 0.2) is 140 Å². The normalized spacial score (nSPS) is 11.8. The van der Waals surface area contributed by atoms with Crippen LogP contribution >= 0.6 is 0 Å². The van der Waals surface area contributed by atoms with E-state index in [4.69, 9.17) is 9.97 Å². The van der Waals surface area contributed by atoms with Crippen LogP contribution in [-0.4, -0.2) is 15.0 Å². The molecule has 3 heteroatoms. The molecule has 0 amide bonds. The zero-order chi connectivity index (χ0) is 27.6. The number of pyridine rings is 3. The third-order valence-electron chi connectivity index (χ3n) is 8.47. The Bertz CT molecular complexity index is 2450. The van der Waals surface area contributed by atoms with Crippen molar-refractivity contribution in [1.82, 2.24) is 15.0 Å². The quantitative estimate of drug-likeness (QED) is 0.212. The van der Waals surface area contributed by atoms with E-state index < -0.39 is 0 Å². The summed E-state index contributed by atoms with van der Waals surface area (Å²) in [7, 11) is 0. The highest BCUT2D eigenvalue weighted by Gasteiger charge is 2.16. The molecule has 194 valence electrons. The first-order chi connectivity index (χ1) is 20.8. The molecule has 9 rings (SSSR count). The van der Waals surface area contributed by atoms with Gasteiger partial charge in [0.15, 0.2) is 0 Å². The van der Waals surface area contributed by atoms with Crippen molar-refractivity contribution in [3.63, 3.8) is 0 Å². The third-order valence-corrected chi connectivity index (χ3v) is 8.47. The van der Waals surface area contributed by atoms with Crippen molar-refractivity contribution in [2.75, 3.05) is 0 Å². The van der Waals surface area contributed by atoms with Crippen LogP contribution in [0.5, 0.6) is 0 Å². The molecule has 0 bridgehead atoms. The Morgan fingerprint density at radius 2 is 0.905 bits per heavy atom. The minimum Gasteiger partial charge on any atom is -0.255 e. The molecule has 0 aliphatic carbocycles. The standard InChI is InChI=1S/C39H23N3/c1-2-6-24(7-3-1)29-17-11-25-14-20-32-30(18-12-26-13-19-31(29)36(25)37(26)32)33-21-15-27-9-10-28-16-22-35(34-8-4-5-23-40-34)42-39(28)38(27)41-33/h1-23H. The molecule has 0 unspecified atom stereocenters. The van der Waals surface area contributed by atoms with Gasteiger partial charge >= 0.3 is 0 Å². The summed E-state index contributed by atoms with van der Waals surface area (Å²) in [6, 6.07) is 47.2. The number of hydrogen-bond acceptors (Lipinski definition) is 3. The first-order valence-electron chi connectivity index (χ1n) is 14.2. The second kappa shape index (κ2) is 8.92. The van der Waals surface area contributed by atoms with Crippen LogP contribution in [-0.2, 0) is 0 Å². The van der Waals surface area contributed by atoms with Gasteiger partial charge in [-0.25, -0.2) is 9.97 Å². The van der Waals surface area contributed by atoms with Gasteiger partial charge in [-0.3, -0.25) is 4.98 Å². The van der Waals surface area contributed by atoms with E-state index in [1.165, 1.54) is 43.4 Å². The Morgan fingerprint density at radius 1 is 0.357 bits per heavy atom. The van der Waals surface area contributed by atoms with Crippen molar-refractivity contribution in [2.24, 2.45) is 0 Å². The molecular weight excluding hydrogens is 510 g/mol. The molecule has 0 fully saturated rings. The summed E-state index contributed by atoms with van der Waals surface area (Å²) >= 11 is 0. The lowest BCUT2D eigenvalue weighted by Gasteiger charge is -2.16. The predicted molar refractivity (Wildman–Crippen MR) is 175 cm³/mol. The number of nitrogens with zero attached hydrogens (tertiary/aromatic N) is 3. The largest absolute Gasteiger partial charge is 0.255 e. The van der Waals surface area contributed by atoms with Crippen molar-refractivity contribution in [3.8, 4) is 33.8 Å². The molecule has 6 aromatic carbocycles. The highest BCUT2D eigenvalue weighted by molar-refractivity contribution is 6.27. The summed E-state index contributed by atoms with van der Waals surface area (Å²) in [5, 5.41) is 9.71. The molecule has 0 atom stereocenters. The van der Waals surface area contributed by atoms with Gasteiger partial charge in [0, 0.05) is 22.5 Å². The maximum atomic E-state index is 5.27. The smallest absolute Gasteiger partial charge is 0.0973 e. The minimum absolute atomic E-state index is 0.847. The Labute approximate surface area is 242 Å². The van der Waals surface area contributed by atoms with Gasteiger partial charge in [0.2, 0.25) is 0 Å². The highest BCUT2D eigenvalue weighted by Crippen LogP contribution is 2.42. The molecule has 0 spiro atoms. The molecule has 3 heterocycles. The van der Waals surface area contributed by atoms with Gasteiger partial charge in [-0.15, -0.1) is 0 Å². The van der Waals surface area contributed by atoms with E-state index >= 15 is 0 Å². The van der Waals surface area contributed by atoms with Crippen LogP contribution in [0.25, 0.3) is 87.9 Å². The van der Waals surface area contributed by atoms with E-state index in [2.05, 4.69) is 114 Å². The summed E-state index contributed by atoms with van der Waals surface area (Å²) in [6.07, 6.45) is 1.80. The van der Waals surface area contributed by atoms with E-state index in [1.54, 1.807) is 6.20 Å². The van der Waals surface area contributed by atoms with Crippen LogP contribution in [0.1, 0.15) is 0 Å². The molecule has 9 aromatic rings. The van der Waals surface area contributed by atoms with Crippen LogP contribution in [0, 0.1) is 0 Å². The molecule has 0 radical (unpaired) electrons. The summed E-state index contributed by atoms with van der Waals surface area (Å²) < 4.78 is 0. The second-order valence-corrected chi connectivity index (χ2v) is 10.8. The highest BCUT2D eigenvalue weighted by atomic mass is 14.8. The van der Waals surface area contributed by atoms with Crippen molar-refractivity contribution in [1.29, 1.82) is 0 Å². The van der Waals surface area contributed by atoms with E-state index in [1.807, 2.05) is 24.3 Å². The van der Waals surface area contributed by atoms with Gasteiger partial charge in [-0.1, -0.05) is 109 Å². The Balaban J connectivity index is 1.29. The zero-order valence-corrected chi connectivity index (χ0v) is 22.6. The molecular formula is C39H23N3. The first kappa shape index (κ1) is 23.1. The van der Waals surface area contributed by atoms with Gasteiger partial charge in [0.1, 0.15) is 0 Å². The molecule has 42 heavy (non-hydrogen) atoms. The summed E-state index contributed by atoms with van der Waals surface area (Å²) in [5.41, 5.74) is 8.06. The van der Waals surface area contributed by atoms with E-state index in [0.29, 0.717) is 0 Å². The first-order valence-corrected chi connectivity index (χ1v) is 14.2. The average molecular weight is 534 g/mol. The fourth-order valence-corrected chi connectivity index (χ4v) is 6.47. The van der Waals surface area contributed by atoms with Crippen molar-refractivity contribution in [3.05, 3.63) is 140 Å². The molecule has 3 nitrogen and oxygen atoms in total. The van der Waals surface area contributed by atoms with E-state index in [0.717, 1.165) is 44.5 Å². The average Bonchev–Trinajstić information content (AvgIpc) is 3.07. The van der Waals surface area contributed by atoms with Gasteiger partial charge < -0.3 is 0 Å². The Kier molecular flexibility index (Phi) is 4.90. The second-order valence-electron chi connectivity index (χ2n) is 10.8. The summed E-state index contributed by atoms with van der Waals surface area (Å²) in [6.45, 7) is 0. The fourth-order valence-electron chi connectivity index (χ4n) is 6.47. The summed E-state index contributed by atoms with van der Waals surface area (Å²) in [4.78, 5) is 14.8. The lowest BCUT2D eigenvalue weighted by molar-refractivity contribution is 1.27. The molecule has 0 aliphatic rings. The monoisotopic (exact) mass is 533 g/mol. The number of aromatic nitrogens is 3. The molecule has 0 N–H and O–H groups in total. The van der Waals surface area contributed by atoms with Crippen LogP contribution in [0.3, 0.4) is 0 Å².